The quantitative estimate of drug-likeness (QED) is 0.106. The first kappa shape index (κ1) is 29.6. The van der Waals surface area contributed by atoms with Crippen molar-refractivity contribution in [2.24, 2.45) is 0 Å². The van der Waals surface area contributed by atoms with Crippen LogP contribution in [-0.2, 0) is 11.4 Å². The van der Waals surface area contributed by atoms with Gasteiger partial charge in [-0.25, -0.2) is 0 Å². The molecule has 2 aliphatic rings. The average Bonchev–Trinajstić information content (AvgIpc) is 3.02. The van der Waals surface area contributed by atoms with Crippen LogP contribution in [0, 0.1) is 5.41 Å². The first-order chi connectivity index (χ1) is 20.5. The van der Waals surface area contributed by atoms with Crippen molar-refractivity contribution in [3.8, 4) is 11.5 Å². The van der Waals surface area contributed by atoms with Crippen molar-refractivity contribution in [3.63, 3.8) is 0 Å². The molecule has 8 nitrogen and oxygen atoms in total. The number of amidine groups is 1. The van der Waals surface area contributed by atoms with Gasteiger partial charge in [0.05, 0.1) is 5.69 Å². The largest absolute Gasteiger partial charge is 0.488 e. The van der Waals surface area contributed by atoms with Gasteiger partial charge in [-0.3, -0.25) is 25.8 Å². The predicted octanol–water partition coefficient (Wildman–Crippen LogP) is 6.47. The second-order valence-corrected chi connectivity index (χ2v) is 11.4. The van der Waals surface area contributed by atoms with Gasteiger partial charge in [0.25, 0.3) is 5.91 Å². The minimum atomic E-state index is -0.952. The molecule has 3 N–H and O–H groups in total. The second-order valence-electron chi connectivity index (χ2n) is 11.4. The Kier molecular flexibility index (Phi) is 9.77. The van der Waals surface area contributed by atoms with E-state index in [4.69, 9.17) is 14.9 Å². The highest BCUT2D eigenvalue weighted by Crippen LogP contribution is 2.41. The van der Waals surface area contributed by atoms with E-state index < -0.39 is 6.10 Å². The number of para-hydroxylation sites is 2. The summed E-state index contributed by atoms with van der Waals surface area (Å²) >= 11 is 0. The monoisotopic (exact) mass is 570 g/mol. The van der Waals surface area contributed by atoms with Crippen LogP contribution in [0.1, 0.15) is 75.2 Å². The number of rotatable bonds is 11. The van der Waals surface area contributed by atoms with Crippen molar-refractivity contribution < 1.29 is 19.5 Å². The van der Waals surface area contributed by atoms with Gasteiger partial charge in [-0.1, -0.05) is 55.3 Å². The minimum Gasteiger partial charge on any atom is -0.488 e. The number of nitrogens with zero attached hydrogens (tertiary/aromatic N) is 2. The highest BCUT2D eigenvalue weighted by molar-refractivity contribution is 6.02. The maximum atomic E-state index is 14.1. The number of piperidine rings is 1. The number of hydrogen-bond acceptors (Lipinski definition) is 6. The summed E-state index contributed by atoms with van der Waals surface area (Å²) in [7, 11) is 0. The Morgan fingerprint density at radius 1 is 0.976 bits per heavy atom. The number of carbonyl (C=O) groups is 1. The van der Waals surface area contributed by atoms with Crippen LogP contribution in [0.2, 0.25) is 0 Å². The van der Waals surface area contributed by atoms with Crippen LogP contribution < -0.4 is 19.9 Å². The zero-order valence-corrected chi connectivity index (χ0v) is 24.6. The number of amides is 1. The molecule has 1 amide bonds. The van der Waals surface area contributed by atoms with Gasteiger partial charge in [-0.2, -0.15) is 0 Å². The Bertz CT molecular complexity index is 1350. The van der Waals surface area contributed by atoms with Crippen molar-refractivity contribution in [1.82, 2.24) is 10.4 Å². The van der Waals surface area contributed by atoms with Crippen LogP contribution in [0.3, 0.4) is 0 Å². The first-order valence-electron chi connectivity index (χ1n) is 15.1. The van der Waals surface area contributed by atoms with E-state index in [2.05, 4.69) is 18.7 Å². The molecule has 3 atom stereocenters. The van der Waals surface area contributed by atoms with Crippen LogP contribution in [0.4, 0.5) is 5.69 Å². The molecular weight excluding hydrogens is 528 g/mol. The summed E-state index contributed by atoms with van der Waals surface area (Å²) < 4.78 is 12.5. The topological polar surface area (TPSA) is 98.1 Å². The Balaban J connectivity index is 1.34. The fourth-order valence-corrected chi connectivity index (χ4v) is 6.14. The molecule has 5 rings (SSSR count). The standard InChI is InChI=1S/C34H42N4O4/c1-24-12-11-13-25(2)37(24)20-9-4-10-21-38-29-16-7-8-17-31(29)42-32(34(38)39)28-22-27(33(35)36-40)18-19-30(28)41-23-26-14-5-3-6-15-26/h3,5-8,14-19,22,24-25,32,40H,4,9-13,20-21,23H2,1-2H3,(H2,35,36)/t24-,25+,32-/m0/s1. The summed E-state index contributed by atoms with van der Waals surface area (Å²) in [6.45, 7) is 6.68. The molecule has 0 saturated carbocycles. The molecule has 0 aromatic heterocycles. The second kappa shape index (κ2) is 13.9. The highest BCUT2D eigenvalue weighted by Gasteiger charge is 2.37. The number of hydroxylamine groups is 1. The zero-order valence-electron chi connectivity index (χ0n) is 24.6. The van der Waals surface area contributed by atoms with E-state index in [1.807, 2.05) is 65.0 Å². The van der Waals surface area contributed by atoms with Crippen molar-refractivity contribution in [2.45, 2.75) is 77.2 Å². The smallest absolute Gasteiger partial charge is 0.273 e. The lowest BCUT2D eigenvalue weighted by molar-refractivity contribution is -0.126. The summed E-state index contributed by atoms with van der Waals surface area (Å²) in [6.07, 6.45) is 5.94. The maximum absolute atomic E-state index is 14.1. The number of ether oxygens (including phenoxy) is 2. The van der Waals surface area contributed by atoms with Gasteiger partial charge in [0.2, 0.25) is 6.10 Å². The lowest BCUT2D eigenvalue weighted by atomic mass is 9.97. The van der Waals surface area contributed by atoms with E-state index in [1.54, 1.807) is 18.2 Å². The van der Waals surface area contributed by atoms with E-state index in [0.29, 0.717) is 47.9 Å². The number of nitrogens with one attached hydrogen (secondary N) is 2. The third kappa shape index (κ3) is 6.77. The Labute approximate surface area is 248 Å². The fourth-order valence-electron chi connectivity index (χ4n) is 6.14. The lowest BCUT2D eigenvalue weighted by Crippen LogP contribution is -2.44. The lowest BCUT2D eigenvalue weighted by Gasteiger charge is -2.39. The predicted molar refractivity (Wildman–Crippen MR) is 164 cm³/mol. The van der Waals surface area contributed by atoms with Crippen LogP contribution >= 0.6 is 0 Å². The zero-order chi connectivity index (χ0) is 29.5. The first-order valence-corrected chi connectivity index (χ1v) is 15.1. The van der Waals surface area contributed by atoms with Gasteiger partial charge in [0.1, 0.15) is 23.9 Å². The van der Waals surface area contributed by atoms with Crippen molar-refractivity contribution in [3.05, 3.63) is 89.5 Å². The number of likely N-dealkylation sites (tertiary alicyclic amines) is 1. The van der Waals surface area contributed by atoms with Crippen LogP contribution in [0.25, 0.3) is 0 Å². The molecule has 3 aromatic carbocycles. The molecule has 0 aliphatic carbocycles. The van der Waals surface area contributed by atoms with Gasteiger partial charge in [-0.05, 0) is 82.0 Å². The number of benzene rings is 3. The Hall–Kier alpha value is -3.88. The molecule has 0 bridgehead atoms. The van der Waals surface area contributed by atoms with Crippen molar-refractivity contribution >= 4 is 17.4 Å². The normalized spacial score (nSPS) is 20.5. The van der Waals surface area contributed by atoms with Crippen LogP contribution in [0.15, 0.2) is 72.8 Å². The van der Waals surface area contributed by atoms with Crippen molar-refractivity contribution in [1.29, 1.82) is 5.41 Å². The van der Waals surface area contributed by atoms with Gasteiger partial charge in [0.15, 0.2) is 0 Å². The molecule has 0 unspecified atom stereocenters. The third-order valence-electron chi connectivity index (χ3n) is 8.50. The summed E-state index contributed by atoms with van der Waals surface area (Å²) in [6, 6.07) is 23.8. The highest BCUT2D eigenvalue weighted by atomic mass is 16.5. The molecule has 1 saturated heterocycles. The van der Waals surface area contributed by atoms with E-state index in [0.717, 1.165) is 37.1 Å². The van der Waals surface area contributed by atoms with Gasteiger partial charge in [-0.15, -0.1) is 0 Å². The average molecular weight is 571 g/mol. The molecule has 3 aromatic rings. The number of anilines is 1. The number of hydrogen-bond donors (Lipinski definition) is 3. The fraction of sp³-hybridized carbons (Fsp3) is 0.412. The Morgan fingerprint density at radius 3 is 2.45 bits per heavy atom. The molecule has 2 heterocycles. The molecule has 0 radical (unpaired) electrons. The molecule has 222 valence electrons. The molecule has 8 heteroatoms. The maximum Gasteiger partial charge on any atom is 0.273 e. The molecule has 0 spiro atoms. The van der Waals surface area contributed by atoms with Crippen molar-refractivity contribution in [2.75, 3.05) is 18.0 Å². The SMILES string of the molecule is C[C@@H]1CCC[C@H](C)N1CCCCCN1C(=O)[C@H](c2cc(C(=N)NO)ccc2OCc2ccccc2)Oc2ccccc21. The Morgan fingerprint density at radius 2 is 1.69 bits per heavy atom. The molecule has 1 fully saturated rings. The van der Waals surface area contributed by atoms with E-state index in [-0.39, 0.29) is 11.7 Å². The van der Waals surface area contributed by atoms with E-state index >= 15 is 0 Å². The summed E-state index contributed by atoms with van der Waals surface area (Å²) in [5.41, 5.74) is 4.59. The number of fused-ring (bicyclic) bond motifs is 1. The summed E-state index contributed by atoms with van der Waals surface area (Å²) in [5, 5.41) is 17.5. The minimum absolute atomic E-state index is 0.169. The summed E-state index contributed by atoms with van der Waals surface area (Å²) in [4.78, 5) is 18.6. The molecule has 42 heavy (non-hydrogen) atoms. The van der Waals surface area contributed by atoms with Gasteiger partial charge in [0, 0.05) is 29.8 Å². The van der Waals surface area contributed by atoms with Gasteiger partial charge < -0.3 is 14.4 Å². The number of unbranched alkanes of at least 4 members (excludes halogenated alkanes) is 2. The van der Waals surface area contributed by atoms with Crippen LogP contribution in [-0.4, -0.2) is 47.0 Å². The molecular formula is C34H42N4O4. The number of carbonyl (C=O) groups excluding carboxylic acids is 1. The van der Waals surface area contributed by atoms with E-state index in [9.17, 15) is 10.0 Å². The third-order valence-corrected chi connectivity index (χ3v) is 8.50. The van der Waals surface area contributed by atoms with Gasteiger partial charge >= 0.3 is 0 Å². The summed E-state index contributed by atoms with van der Waals surface area (Å²) in [5.74, 6) is 0.782. The van der Waals surface area contributed by atoms with E-state index in [1.165, 1.54) is 19.3 Å². The molecule has 2 aliphatic heterocycles. The van der Waals surface area contributed by atoms with Crippen LogP contribution in [0.5, 0.6) is 11.5 Å².